The molecule has 2 nitrogen and oxygen atoms in total. The van der Waals surface area contributed by atoms with Gasteiger partial charge in [0, 0.05) is 0 Å². The van der Waals surface area contributed by atoms with Crippen LogP contribution in [0.4, 0.5) is 0 Å². The quantitative estimate of drug-likeness (QED) is 0.766. The van der Waals surface area contributed by atoms with E-state index in [1.807, 2.05) is 19.9 Å². The summed E-state index contributed by atoms with van der Waals surface area (Å²) < 4.78 is 5.46. The van der Waals surface area contributed by atoms with Gasteiger partial charge in [-0.3, -0.25) is 0 Å². The van der Waals surface area contributed by atoms with Crippen molar-refractivity contribution < 1.29 is 4.74 Å². The summed E-state index contributed by atoms with van der Waals surface area (Å²) in [6, 6.07) is 7.49. The number of ether oxygens (including phenoxy) is 1. The van der Waals surface area contributed by atoms with Gasteiger partial charge in [0.05, 0.1) is 23.6 Å². The highest BCUT2D eigenvalue weighted by Gasteiger charge is 2.04. The molecular weight excluding hydrogens is 198 g/mol. The number of nitriles is 1. The number of nitrogens with zero attached hydrogens (tertiary/aromatic N) is 1. The molecule has 0 atom stereocenters. The van der Waals surface area contributed by atoms with E-state index in [1.165, 1.54) is 0 Å². The molecule has 0 saturated carbocycles. The number of halogens is 1. The Morgan fingerprint density at radius 1 is 1.50 bits per heavy atom. The van der Waals surface area contributed by atoms with Crippen LogP contribution in [0.25, 0.3) is 0 Å². The van der Waals surface area contributed by atoms with Crippen LogP contribution >= 0.6 is 11.6 Å². The molecule has 3 heteroatoms. The molecule has 1 aromatic carbocycles. The summed E-state index contributed by atoms with van der Waals surface area (Å²) >= 11 is 5.97. The van der Waals surface area contributed by atoms with Crippen LogP contribution in [0.15, 0.2) is 18.2 Å². The zero-order chi connectivity index (χ0) is 10.6. The van der Waals surface area contributed by atoms with E-state index < -0.39 is 0 Å². The molecule has 14 heavy (non-hydrogen) atoms. The molecule has 0 aliphatic heterocycles. The Kier molecular flexibility index (Phi) is 3.79. The molecule has 1 aromatic rings. The fraction of sp³-hybridized carbons (Fsp3) is 0.364. The smallest absolute Gasteiger partial charge is 0.138 e. The Bertz CT molecular complexity index is 355. The van der Waals surface area contributed by atoms with Gasteiger partial charge in [-0.15, -0.1) is 0 Å². The number of rotatable bonds is 3. The predicted molar refractivity (Wildman–Crippen MR) is 56.5 cm³/mol. The van der Waals surface area contributed by atoms with E-state index in [-0.39, 0.29) is 6.10 Å². The summed E-state index contributed by atoms with van der Waals surface area (Å²) in [4.78, 5) is 0. The molecular formula is C11H12ClNO. The minimum atomic E-state index is 0.106. The second-order valence-corrected chi connectivity index (χ2v) is 3.67. The van der Waals surface area contributed by atoms with Crippen molar-refractivity contribution >= 4 is 11.6 Å². The van der Waals surface area contributed by atoms with Gasteiger partial charge >= 0.3 is 0 Å². The van der Waals surface area contributed by atoms with Crippen LogP contribution in [0, 0.1) is 11.3 Å². The van der Waals surface area contributed by atoms with E-state index in [2.05, 4.69) is 6.07 Å². The Labute approximate surface area is 89.1 Å². The molecule has 0 radical (unpaired) electrons. The van der Waals surface area contributed by atoms with Crippen molar-refractivity contribution in [3.8, 4) is 11.8 Å². The van der Waals surface area contributed by atoms with Crippen LogP contribution in [0.1, 0.15) is 19.4 Å². The van der Waals surface area contributed by atoms with Crippen molar-refractivity contribution in [2.75, 3.05) is 0 Å². The second kappa shape index (κ2) is 4.88. The van der Waals surface area contributed by atoms with Gasteiger partial charge in [0.15, 0.2) is 0 Å². The summed E-state index contributed by atoms with van der Waals surface area (Å²) in [5.74, 6) is 0.670. The highest BCUT2D eigenvalue weighted by Crippen LogP contribution is 2.26. The van der Waals surface area contributed by atoms with Crippen molar-refractivity contribution in [3.63, 3.8) is 0 Å². The molecule has 0 aliphatic rings. The van der Waals surface area contributed by atoms with Gasteiger partial charge in [0.25, 0.3) is 0 Å². The molecule has 0 saturated heterocycles. The van der Waals surface area contributed by atoms with E-state index >= 15 is 0 Å². The van der Waals surface area contributed by atoms with Gasteiger partial charge in [-0.1, -0.05) is 17.7 Å². The predicted octanol–water partition coefficient (Wildman–Crippen LogP) is 3.19. The molecule has 74 valence electrons. The topological polar surface area (TPSA) is 33.0 Å². The summed E-state index contributed by atoms with van der Waals surface area (Å²) in [7, 11) is 0. The average Bonchev–Trinajstić information content (AvgIpc) is 2.10. The summed E-state index contributed by atoms with van der Waals surface area (Å²) in [5.41, 5.74) is 0.911. The Hall–Kier alpha value is -1.20. The monoisotopic (exact) mass is 209 g/mol. The van der Waals surface area contributed by atoms with Crippen molar-refractivity contribution in [1.29, 1.82) is 5.26 Å². The van der Waals surface area contributed by atoms with E-state index in [0.717, 1.165) is 5.56 Å². The molecule has 1 rings (SSSR count). The van der Waals surface area contributed by atoms with Gasteiger partial charge < -0.3 is 4.74 Å². The third kappa shape index (κ3) is 2.93. The molecule has 0 aromatic heterocycles. The lowest BCUT2D eigenvalue weighted by atomic mass is 10.1. The van der Waals surface area contributed by atoms with Gasteiger partial charge in [0.2, 0.25) is 0 Å². The fourth-order valence-electron chi connectivity index (χ4n) is 1.10. The maximum atomic E-state index is 8.50. The number of benzene rings is 1. The molecule has 0 unspecified atom stereocenters. The third-order valence-electron chi connectivity index (χ3n) is 1.64. The first-order valence-electron chi connectivity index (χ1n) is 4.45. The minimum absolute atomic E-state index is 0.106. The maximum absolute atomic E-state index is 8.50. The second-order valence-electron chi connectivity index (χ2n) is 3.27. The van der Waals surface area contributed by atoms with Crippen LogP contribution in [0.2, 0.25) is 5.02 Å². The average molecular weight is 210 g/mol. The molecule has 0 heterocycles. The van der Waals surface area contributed by atoms with Gasteiger partial charge in [-0.2, -0.15) is 5.26 Å². The first-order valence-corrected chi connectivity index (χ1v) is 4.83. The van der Waals surface area contributed by atoms with E-state index in [0.29, 0.717) is 17.2 Å². The highest BCUT2D eigenvalue weighted by molar-refractivity contribution is 6.32. The van der Waals surface area contributed by atoms with Gasteiger partial charge in [-0.25, -0.2) is 0 Å². The molecule has 0 bridgehead atoms. The van der Waals surface area contributed by atoms with Crippen LogP contribution in [-0.2, 0) is 6.42 Å². The van der Waals surface area contributed by atoms with E-state index in [1.54, 1.807) is 12.1 Å². The number of hydrogen-bond acceptors (Lipinski definition) is 2. The van der Waals surface area contributed by atoms with E-state index in [9.17, 15) is 0 Å². The van der Waals surface area contributed by atoms with Crippen molar-refractivity contribution in [2.24, 2.45) is 0 Å². The summed E-state index contributed by atoms with van der Waals surface area (Å²) in [5, 5.41) is 9.06. The fourth-order valence-corrected chi connectivity index (χ4v) is 1.34. The molecule has 0 spiro atoms. The Morgan fingerprint density at radius 3 is 2.71 bits per heavy atom. The maximum Gasteiger partial charge on any atom is 0.138 e. The van der Waals surface area contributed by atoms with Crippen molar-refractivity contribution in [1.82, 2.24) is 0 Å². The number of hydrogen-bond donors (Lipinski definition) is 0. The van der Waals surface area contributed by atoms with Crippen molar-refractivity contribution in [3.05, 3.63) is 28.8 Å². The lowest BCUT2D eigenvalue weighted by molar-refractivity contribution is 0.242. The zero-order valence-corrected chi connectivity index (χ0v) is 9.01. The SMILES string of the molecule is CC(C)Oc1ccc(CC#N)cc1Cl. The highest BCUT2D eigenvalue weighted by atomic mass is 35.5. The first kappa shape index (κ1) is 10.9. The van der Waals surface area contributed by atoms with Gasteiger partial charge in [-0.05, 0) is 31.5 Å². The van der Waals surface area contributed by atoms with E-state index in [4.69, 9.17) is 21.6 Å². The van der Waals surface area contributed by atoms with Crippen LogP contribution in [0.5, 0.6) is 5.75 Å². The standard InChI is InChI=1S/C11H12ClNO/c1-8(2)14-11-4-3-9(5-6-13)7-10(11)12/h3-4,7-8H,5H2,1-2H3. The first-order chi connectivity index (χ1) is 6.63. The largest absolute Gasteiger partial charge is 0.489 e. The Balaban J connectivity index is 2.85. The molecule has 0 N–H and O–H groups in total. The van der Waals surface area contributed by atoms with Crippen molar-refractivity contribution in [2.45, 2.75) is 26.4 Å². The van der Waals surface area contributed by atoms with Gasteiger partial charge in [0.1, 0.15) is 5.75 Å². The minimum Gasteiger partial charge on any atom is -0.489 e. The van der Waals surface area contributed by atoms with Crippen LogP contribution in [-0.4, -0.2) is 6.10 Å². The molecule has 0 fully saturated rings. The zero-order valence-electron chi connectivity index (χ0n) is 8.25. The van der Waals surface area contributed by atoms with Crippen LogP contribution < -0.4 is 4.74 Å². The molecule has 0 aliphatic carbocycles. The normalized spacial score (nSPS) is 9.93. The Morgan fingerprint density at radius 2 is 2.21 bits per heavy atom. The summed E-state index contributed by atoms with van der Waals surface area (Å²) in [6.07, 6.45) is 0.483. The molecule has 0 amide bonds. The van der Waals surface area contributed by atoms with Crippen LogP contribution in [0.3, 0.4) is 0 Å². The lowest BCUT2D eigenvalue weighted by Crippen LogP contribution is -2.05. The summed E-state index contributed by atoms with van der Waals surface area (Å²) in [6.45, 7) is 3.89. The lowest BCUT2D eigenvalue weighted by Gasteiger charge is -2.11. The third-order valence-corrected chi connectivity index (χ3v) is 1.94.